The first-order valence-corrected chi connectivity index (χ1v) is 9.32. The van der Waals surface area contributed by atoms with Gasteiger partial charge in [-0.15, -0.1) is 0 Å². The third kappa shape index (κ3) is 4.71. The maximum absolute atomic E-state index is 12.7. The molecule has 3 rings (SSSR count). The molecule has 2 N–H and O–H groups in total. The average molecular weight is 428 g/mol. The normalized spacial score (nSPS) is 15.7. The highest BCUT2D eigenvalue weighted by molar-refractivity contribution is 5.95. The zero-order valence-corrected chi connectivity index (χ0v) is 16.8. The summed E-state index contributed by atoms with van der Waals surface area (Å²) >= 11 is 0. The molecule has 0 fully saturated rings. The van der Waals surface area contributed by atoms with Crippen molar-refractivity contribution in [2.75, 3.05) is 13.2 Å². The minimum Gasteiger partial charge on any atom is -0.463 e. The number of nitro groups is 1. The summed E-state index contributed by atoms with van der Waals surface area (Å²) in [6.07, 6.45) is 1.18. The number of nitrogens with zero attached hydrogens (tertiary/aromatic N) is 2. The van der Waals surface area contributed by atoms with E-state index in [9.17, 15) is 24.5 Å². The largest absolute Gasteiger partial charge is 0.463 e. The molecular weight excluding hydrogens is 408 g/mol. The van der Waals surface area contributed by atoms with E-state index in [1.165, 1.54) is 17.8 Å². The van der Waals surface area contributed by atoms with Crippen molar-refractivity contribution in [3.8, 4) is 0 Å². The van der Waals surface area contributed by atoms with Crippen LogP contribution in [0.25, 0.3) is 0 Å². The maximum Gasteiger partial charge on any atom is 0.355 e. The van der Waals surface area contributed by atoms with Gasteiger partial charge in [0.2, 0.25) is 0 Å². The predicted octanol–water partition coefficient (Wildman–Crippen LogP) is 1.96. The van der Waals surface area contributed by atoms with E-state index < -0.39 is 35.5 Å². The lowest BCUT2D eigenvalue weighted by molar-refractivity contribution is -0.384. The molecule has 1 atom stereocenters. The number of amides is 2. The van der Waals surface area contributed by atoms with E-state index in [4.69, 9.17) is 9.47 Å². The molecule has 0 spiro atoms. The van der Waals surface area contributed by atoms with Gasteiger partial charge in [-0.3, -0.25) is 10.1 Å². The monoisotopic (exact) mass is 428 g/mol. The van der Waals surface area contributed by atoms with Gasteiger partial charge < -0.3 is 24.7 Å². The van der Waals surface area contributed by atoms with Gasteiger partial charge in [-0.25, -0.2) is 14.4 Å². The van der Waals surface area contributed by atoms with E-state index in [0.29, 0.717) is 5.56 Å². The Bertz CT molecular complexity index is 1060. The van der Waals surface area contributed by atoms with E-state index in [0.717, 1.165) is 6.07 Å². The molecule has 0 saturated carbocycles. The summed E-state index contributed by atoms with van der Waals surface area (Å²) in [5.41, 5.74) is 0.485. The second kappa shape index (κ2) is 9.11. The molecule has 0 bridgehead atoms. The van der Waals surface area contributed by atoms with Gasteiger partial charge in [0.25, 0.3) is 5.69 Å². The number of hydrogen-bond donors (Lipinski definition) is 2. The minimum absolute atomic E-state index is 0.0511. The highest BCUT2D eigenvalue weighted by Crippen LogP contribution is 2.28. The summed E-state index contributed by atoms with van der Waals surface area (Å²) in [5.74, 6) is -1.53. The van der Waals surface area contributed by atoms with Gasteiger partial charge in [-0.05, 0) is 12.5 Å². The standard InChI is InChI=1S/C20H20N4O7/c1-3-30-19(26)16-14(21-20(27)22-17(16)12-7-5-4-6-8-12)11-31-18(25)15-9-13(24(28)29)10-23(15)2/h4-10,17H,3,11H2,1-2H3,(H2,21,22,27). The first-order chi connectivity index (χ1) is 14.8. The Kier molecular flexibility index (Phi) is 6.34. The topological polar surface area (TPSA) is 142 Å². The van der Waals surface area contributed by atoms with Gasteiger partial charge >= 0.3 is 18.0 Å². The molecule has 0 saturated heterocycles. The van der Waals surface area contributed by atoms with Crippen molar-refractivity contribution in [1.82, 2.24) is 15.2 Å². The Balaban J connectivity index is 1.91. The number of hydrogen-bond acceptors (Lipinski definition) is 7. The lowest BCUT2D eigenvalue weighted by atomic mass is 9.95. The molecule has 2 amide bonds. The van der Waals surface area contributed by atoms with Crippen molar-refractivity contribution in [2.45, 2.75) is 13.0 Å². The number of aromatic nitrogens is 1. The summed E-state index contributed by atoms with van der Waals surface area (Å²) < 4.78 is 11.6. The zero-order valence-electron chi connectivity index (χ0n) is 16.8. The molecule has 1 aliphatic heterocycles. The van der Waals surface area contributed by atoms with Crippen LogP contribution in [-0.2, 0) is 21.3 Å². The summed E-state index contributed by atoms with van der Waals surface area (Å²) in [4.78, 5) is 47.6. The molecule has 1 aromatic heterocycles. The number of nitrogens with one attached hydrogen (secondary N) is 2. The Morgan fingerprint density at radius 1 is 1.19 bits per heavy atom. The Morgan fingerprint density at radius 3 is 2.52 bits per heavy atom. The fourth-order valence-electron chi connectivity index (χ4n) is 3.14. The third-order valence-corrected chi connectivity index (χ3v) is 4.54. The number of esters is 2. The molecule has 11 nitrogen and oxygen atoms in total. The Labute approximate surface area is 176 Å². The molecule has 1 aliphatic rings. The summed E-state index contributed by atoms with van der Waals surface area (Å²) in [5, 5.41) is 16.1. The van der Waals surface area contributed by atoms with Crippen molar-refractivity contribution in [1.29, 1.82) is 0 Å². The van der Waals surface area contributed by atoms with Crippen molar-refractivity contribution in [2.24, 2.45) is 7.05 Å². The Hall–Kier alpha value is -4.15. The van der Waals surface area contributed by atoms with E-state index in [2.05, 4.69) is 10.6 Å². The highest BCUT2D eigenvalue weighted by Gasteiger charge is 2.34. The molecule has 162 valence electrons. The van der Waals surface area contributed by atoms with Gasteiger partial charge in [-0.1, -0.05) is 30.3 Å². The van der Waals surface area contributed by atoms with Crippen molar-refractivity contribution >= 4 is 23.7 Å². The number of aryl methyl sites for hydroxylation is 1. The van der Waals surface area contributed by atoms with Crippen LogP contribution < -0.4 is 10.6 Å². The fraction of sp³-hybridized carbons (Fsp3) is 0.250. The predicted molar refractivity (Wildman–Crippen MR) is 107 cm³/mol. The number of ether oxygens (including phenoxy) is 2. The summed E-state index contributed by atoms with van der Waals surface area (Å²) in [7, 11) is 1.46. The van der Waals surface area contributed by atoms with Crippen LogP contribution in [0.4, 0.5) is 10.5 Å². The van der Waals surface area contributed by atoms with Gasteiger partial charge in [-0.2, -0.15) is 0 Å². The van der Waals surface area contributed by atoms with E-state index in [1.807, 2.05) is 0 Å². The average Bonchev–Trinajstić information content (AvgIpc) is 3.14. The molecule has 1 aromatic carbocycles. The van der Waals surface area contributed by atoms with Crippen molar-refractivity contribution in [3.05, 3.63) is 75.2 Å². The van der Waals surface area contributed by atoms with E-state index >= 15 is 0 Å². The van der Waals surface area contributed by atoms with Crippen LogP contribution in [0.3, 0.4) is 0 Å². The van der Waals surface area contributed by atoms with Crippen LogP contribution in [-0.4, -0.2) is 40.7 Å². The van der Waals surface area contributed by atoms with Crippen LogP contribution >= 0.6 is 0 Å². The van der Waals surface area contributed by atoms with Crippen LogP contribution in [0.5, 0.6) is 0 Å². The smallest absolute Gasteiger partial charge is 0.355 e. The zero-order chi connectivity index (χ0) is 22.5. The molecule has 2 heterocycles. The van der Waals surface area contributed by atoms with Crippen LogP contribution in [0.1, 0.15) is 29.0 Å². The summed E-state index contributed by atoms with van der Waals surface area (Å²) in [6.45, 7) is 1.31. The number of rotatable bonds is 7. The van der Waals surface area contributed by atoms with Gasteiger partial charge in [0.05, 0.1) is 35.0 Å². The van der Waals surface area contributed by atoms with Crippen LogP contribution in [0.15, 0.2) is 53.9 Å². The number of urea groups is 1. The SMILES string of the molecule is CCOC(=O)C1=C(COC(=O)c2cc([N+](=O)[O-])cn2C)NC(=O)NC1c1ccccc1. The molecule has 0 radical (unpaired) electrons. The van der Waals surface area contributed by atoms with Gasteiger partial charge in [0, 0.05) is 13.1 Å². The number of benzene rings is 1. The van der Waals surface area contributed by atoms with E-state index in [1.54, 1.807) is 37.3 Å². The molecule has 2 aromatic rings. The van der Waals surface area contributed by atoms with Crippen molar-refractivity contribution < 1.29 is 28.8 Å². The lowest BCUT2D eigenvalue weighted by Crippen LogP contribution is -2.47. The molecule has 0 aliphatic carbocycles. The fourth-order valence-corrected chi connectivity index (χ4v) is 3.14. The quantitative estimate of drug-likeness (QED) is 0.390. The van der Waals surface area contributed by atoms with Crippen LogP contribution in [0.2, 0.25) is 0 Å². The van der Waals surface area contributed by atoms with E-state index in [-0.39, 0.29) is 29.3 Å². The highest BCUT2D eigenvalue weighted by atomic mass is 16.6. The second-order valence-electron chi connectivity index (χ2n) is 6.58. The van der Waals surface area contributed by atoms with Gasteiger partial charge in [0.15, 0.2) is 0 Å². The maximum atomic E-state index is 12.7. The third-order valence-electron chi connectivity index (χ3n) is 4.54. The second-order valence-corrected chi connectivity index (χ2v) is 6.58. The van der Waals surface area contributed by atoms with Gasteiger partial charge in [0.1, 0.15) is 12.3 Å². The Morgan fingerprint density at radius 2 is 1.90 bits per heavy atom. The molecule has 31 heavy (non-hydrogen) atoms. The first kappa shape index (κ1) is 21.6. The van der Waals surface area contributed by atoms with Crippen molar-refractivity contribution in [3.63, 3.8) is 0 Å². The molecular formula is C20H20N4O7. The minimum atomic E-state index is -0.852. The first-order valence-electron chi connectivity index (χ1n) is 9.32. The molecule has 1 unspecified atom stereocenters. The van der Waals surface area contributed by atoms with Crippen LogP contribution in [0, 0.1) is 10.1 Å². The number of carbonyl (C=O) groups excluding carboxylic acids is 3. The molecule has 11 heteroatoms. The summed E-state index contributed by atoms with van der Waals surface area (Å²) in [6, 6.07) is 8.48. The number of carbonyl (C=O) groups is 3. The lowest BCUT2D eigenvalue weighted by Gasteiger charge is -2.29.